The third-order valence-electron chi connectivity index (χ3n) is 9.35. The number of pyridine rings is 4. The minimum Gasteiger partial charge on any atom is -0.457 e. The molecule has 9 rings (SSSR count). The number of hydrogen-bond acceptors (Lipinski definition) is 5. The zero-order chi connectivity index (χ0) is 31.8. The third kappa shape index (κ3) is 4.19. The number of benzene rings is 3. The Balaban J connectivity index is 1.18. The first kappa shape index (κ1) is 27.5. The van der Waals surface area contributed by atoms with Gasteiger partial charge in [-0.1, -0.05) is 45.9 Å². The summed E-state index contributed by atoms with van der Waals surface area (Å²) in [5, 5.41) is 6.34. The molecule has 47 heavy (non-hydrogen) atoms. The molecule has 0 N–H and O–H groups in total. The quantitative estimate of drug-likeness (QED) is 0.181. The molecular weight excluding hydrogens is 580 g/mol. The predicted molar refractivity (Wildman–Crippen MR) is 190 cm³/mol. The maximum Gasteiger partial charge on any atom is 0.146 e. The van der Waals surface area contributed by atoms with Crippen molar-refractivity contribution in [2.24, 2.45) is 0 Å². The van der Waals surface area contributed by atoms with Gasteiger partial charge in [-0.15, -0.1) is 0 Å². The number of nitrogens with zero attached hydrogens (tertiary/aromatic N) is 6. The molecule has 0 fully saturated rings. The van der Waals surface area contributed by atoms with Crippen LogP contribution in [0.3, 0.4) is 0 Å². The van der Waals surface area contributed by atoms with Crippen molar-refractivity contribution in [2.75, 3.05) is 0 Å². The molecule has 0 saturated heterocycles. The fraction of sp³-hybridized carbons (Fsp3) is 0.150. The van der Waals surface area contributed by atoms with Crippen molar-refractivity contribution < 1.29 is 4.74 Å². The molecule has 0 atom stereocenters. The van der Waals surface area contributed by atoms with Crippen LogP contribution < -0.4 is 4.74 Å². The second-order valence-corrected chi connectivity index (χ2v) is 12.8. The summed E-state index contributed by atoms with van der Waals surface area (Å²) in [5.41, 5.74) is 8.57. The third-order valence-corrected chi connectivity index (χ3v) is 9.35. The molecule has 6 aromatic heterocycles. The number of hydrogen-bond donors (Lipinski definition) is 0. The molecule has 0 radical (unpaired) electrons. The van der Waals surface area contributed by atoms with Crippen LogP contribution in [0.15, 0.2) is 110 Å². The first-order valence-electron chi connectivity index (χ1n) is 16.1. The van der Waals surface area contributed by atoms with Crippen LogP contribution in [0.1, 0.15) is 50.7 Å². The van der Waals surface area contributed by atoms with Gasteiger partial charge in [0, 0.05) is 64.3 Å². The number of aromatic nitrogens is 6. The van der Waals surface area contributed by atoms with Gasteiger partial charge in [0.25, 0.3) is 0 Å². The lowest BCUT2D eigenvalue weighted by atomic mass is 9.87. The fourth-order valence-corrected chi connectivity index (χ4v) is 7.15. The van der Waals surface area contributed by atoms with Crippen molar-refractivity contribution in [1.82, 2.24) is 28.7 Å². The molecule has 0 amide bonds. The molecule has 9 aromatic rings. The first-order chi connectivity index (χ1) is 23.0. The summed E-state index contributed by atoms with van der Waals surface area (Å²) in [7, 11) is 0. The van der Waals surface area contributed by atoms with Crippen LogP contribution in [-0.4, -0.2) is 28.7 Å². The zero-order valence-corrected chi connectivity index (χ0v) is 26.6. The van der Waals surface area contributed by atoms with Crippen molar-refractivity contribution in [1.29, 1.82) is 0 Å². The molecule has 228 valence electrons. The Morgan fingerprint density at radius 1 is 0.574 bits per heavy atom. The van der Waals surface area contributed by atoms with Gasteiger partial charge < -0.3 is 4.74 Å². The van der Waals surface area contributed by atoms with E-state index in [4.69, 9.17) is 14.7 Å². The molecule has 6 heterocycles. The van der Waals surface area contributed by atoms with Crippen LogP contribution >= 0.6 is 0 Å². The van der Waals surface area contributed by atoms with Gasteiger partial charge in [-0.2, -0.15) is 0 Å². The van der Waals surface area contributed by atoms with E-state index in [1.54, 1.807) is 0 Å². The van der Waals surface area contributed by atoms with Crippen LogP contribution in [0, 0.1) is 0 Å². The molecular formula is C40H32N6O. The maximum absolute atomic E-state index is 6.51. The van der Waals surface area contributed by atoms with E-state index in [0.717, 1.165) is 72.0 Å². The molecule has 7 nitrogen and oxygen atoms in total. The molecule has 0 saturated carbocycles. The van der Waals surface area contributed by atoms with Gasteiger partial charge in [0.2, 0.25) is 0 Å². The Kier molecular flexibility index (Phi) is 6.06. The van der Waals surface area contributed by atoms with Gasteiger partial charge in [0.05, 0.1) is 11.2 Å². The second kappa shape index (κ2) is 10.4. The largest absolute Gasteiger partial charge is 0.457 e. The van der Waals surface area contributed by atoms with E-state index in [9.17, 15) is 0 Å². The summed E-state index contributed by atoms with van der Waals surface area (Å²) in [6.45, 7) is 9.00. The first-order valence-corrected chi connectivity index (χ1v) is 16.1. The standard InChI is InChI=1S/C40H32N6O/c1-23(2)27-6-5-7-28(24(3)4)37(27)35-13-12-31-29-10-8-25(20-32(29)39-43-17-19-46(39)40(31)44-35)47-26-9-11-30-33(21-26)38-42-16-18-45(38)36-14-15-41-22-34(30)36/h5-24H,1-4H3. The highest BCUT2D eigenvalue weighted by molar-refractivity contribution is 6.12. The summed E-state index contributed by atoms with van der Waals surface area (Å²) < 4.78 is 10.7. The highest BCUT2D eigenvalue weighted by atomic mass is 16.5. The van der Waals surface area contributed by atoms with Gasteiger partial charge in [-0.05, 0) is 88.3 Å². The van der Waals surface area contributed by atoms with E-state index in [2.05, 4.69) is 101 Å². The molecule has 0 aliphatic carbocycles. The number of fused-ring (bicyclic) bond motifs is 12. The van der Waals surface area contributed by atoms with Gasteiger partial charge in [-0.25, -0.2) is 15.0 Å². The van der Waals surface area contributed by atoms with Crippen LogP contribution in [0.25, 0.3) is 66.0 Å². The Labute approximate surface area is 271 Å². The summed E-state index contributed by atoms with van der Waals surface area (Å²) in [4.78, 5) is 19.2. The minimum absolute atomic E-state index is 0.383. The number of ether oxygens (including phenoxy) is 1. The van der Waals surface area contributed by atoms with E-state index < -0.39 is 0 Å². The SMILES string of the molecule is CC(C)c1cccc(C(C)C)c1-c1ccc2c3ccc(Oc4ccc5c6cnccc6n6ccnc6c5c4)cc3c3nccn3c2n1. The summed E-state index contributed by atoms with van der Waals surface area (Å²) in [6, 6.07) is 25.4. The average molecular weight is 613 g/mol. The van der Waals surface area contributed by atoms with Crippen LogP contribution in [-0.2, 0) is 0 Å². The number of imidazole rings is 2. The predicted octanol–water partition coefficient (Wildman–Crippen LogP) is 10.1. The summed E-state index contributed by atoms with van der Waals surface area (Å²) in [5.74, 6) is 2.24. The Hall–Kier alpha value is -5.82. The fourth-order valence-electron chi connectivity index (χ4n) is 7.15. The molecule has 0 bridgehead atoms. The molecule has 0 aliphatic heterocycles. The highest BCUT2D eigenvalue weighted by Crippen LogP contribution is 2.39. The van der Waals surface area contributed by atoms with Crippen molar-refractivity contribution >= 4 is 54.8 Å². The molecule has 7 heteroatoms. The van der Waals surface area contributed by atoms with Crippen molar-refractivity contribution in [3.05, 3.63) is 121 Å². The van der Waals surface area contributed by atoms with E-state index in [1.165, 1.54) is 16.7 Å². The number of rotatable bonds is 5. The summed E-state index contributed by atoms with van der Waals surface area (Å²) in [6.07, 6.45) is 11.4. The molecule has 3 aromatic carbocycles. The van der Waals surface area contributed by atoms with Crippen LogP contribution in [0.2, 0.25) is 0 Å². The van der Waals surface area contributed by atoms with Crippen molar-refractivity contribution in [2.45, 2.75) is 39.5 Å². The van der Waals surface area contributed by atoms with E-state index in [1.807, 2.05) is 55.4 Å². The monoisotopic (exact) mass is 612 g/mol. The van der Waals surface area contributed by atoms with E-state index in [-0.39, 0.29) is 0 Å². The smallest absolute Gasteiger partial charge is 0.146 e. The Morgan fingerprint density at radius 2 is 1.19 bits per heavy atom. The Morgan fingerprint density at radius 3 is 1.87 bits per heavy atom. The van der Waals surface area contributed by atoms with Crippen molar-refractivity contribution in [3.63, 3.8) is 0 Å². The van der Waals surface area contributed by atoms with Gasteiger partial charge in [-0.3, -0.25) is 13.8 Å². The molecule has 0 spiro atoms. The van der Waals surface area contributed by atoms with Crippen molar-refractivity contribution in [3.8, 4) is 22.8 Å². The average Bonchev–Trinajstić information content (AvgIpc) is 3.79. The van der Waals surface area contributed by atoms with E-state index >= 15 is 0 Å². The topological polar surface area (TPSA) is 69.6 Å². The van der Waals surface area contributed by atoms with Gasteiger partial charge in [0.1, 0.15) is 28.4 Å². The lowest BCUT2D eigenvalue weighted by Crippen LogP contribution is -2.02. The summed E-state index contributed by atoms with van der Waals surface area (Å²) >= 11 is 0. The second-order valence-electron chi connectivity index (χ2n) is 12.8. The van der Waals surface area contributed by atoms with Crippen LogP contribution in [0.5, 0.6) is 11.5 Å². The molecule has 0 aliphatic rings. The normalized spacial score (nSPS) is 12.2. The molecule has 0 unspecified atom stereocenters. The van der Waals surface area contributed by atoms with E-state index in [0.29, 0.717) is 11.8 Å². The zero-order valence-electron chi connectivity index (χ0n) is 26.6. The lowest BCUT2D eigenvalue weighted by Gasteiger charge is -2.20. The lowest BCUT2D eigenvalue weighted by molar-refractivity contribution is 0.484. The minimum atomic E-state index is 0.383. The Bertz CT molecular complexity index is 2660. The van der Waals surface area contributed by atoms with Gasteiger partial charge in [0.15, 0.2) is 0 Å². The van der Waals surface area contributed by atoms with Gasteiger partial charge >= 0.3 is 0 Å². The maximum atomic E-state index is 6.51. The highest BCUT2D eigenvalue weighted by Gasteiger charge is 2.19. The van der Waals surface area contributed by atoms with Crippen LogP contribution in [0.4, 0.5) is 0 Å².